The summed E-state index contributed by atoms with van der Waals surface area (Å²) in [5.41, 5.74) is -2.86. The Bertz CT molecular complexity index is 1140. The summed E-state index contributed by atoms with van der Waals surface area (Å²) >= 11 is 6.16. The highest BCUT2D eigenvalue weighted by molar-refractivity contribution is 6.33. The van der Waals surface area contributed by atoms with Crippen molar-refractivity contribution in [3.8, 4) is 5.69 Å². The summed E-state index contributed by atoms with van der Waals surface area (Å²) in [6.07, 6.45) is 0.775. The molecule has 1 aromatic heterocycles. The number of aromatic nitrogens is 3. The van der Waals surface area contributed by atoms with Gasteiger partial charge in [-0.15, -0.1) is 13.2 Å². The molecule has 1 aromatic carbocycles. The van der Waals surface area contributed by atoms with Crippen molar-refractivity contribution in [2.24, 2.45) is 0 Å². The van der Waals surface area contributed by atoms with Gasteiger partial charge in [-0.2, -0.15) is 9.78 Å². The number of halogens is 4. The maximum Gasteiger partial charge on any atom is 0.522 e. The van der Waals surface area contributed by atoms with Crippen molar-refractivity contribution in [2.75, 3.05) is 13.2 Å². The second-order valence-corrected chi connectivity index (χ2v) is 8.52. The van der Waals surface area contributed by atoms with Gasteiger partial charge < -0.3 is 10.4 Å². The van der Waals surface area contributed by atoms with Crippen molar-refractivity contribution in [1.82, 2.24) is 19.7 Å². The van der Waals surface area contributed by atoms with Crippen molar-refractivity contribution >= 4 is 17.5 Å². The van der Waals surface area contributed by atoms with Crippen molar-refractivity contribution < 1.29 is 27.8 Å². The van der Waals surface area contributed by atoms with Gasteiger partial charge in [-0.05, 0) is 31.0 Å². The van der Waals surface area contributed by atoms with Crippen LogP contribution in [0.5, 0.6) is 0 Å². The Balaban J connectivity index is 1.81. The smallest absolute Gasteiger partial charge is 0.388 e. The van der Waals surface area contributed by atoms with Crippen LogP contribution in [-0.4, -0.2) is 50.5 Å². The number of rotatable bonds is 7. The quantitative estimate of drug-likeness (QED) is 0.559. The number of carbonyl (C=O) groups is 1. The molecule has 1 aliphatic carbocycles. The van der Waals surface area contributed by atoms with Gasteiger partial charge in [0, 0.05) is 6.54 Å². The molecule has 13 heteroatoms. The first-order valence-corrected chi connectivity index (χ1v) is 11.1. The number of nitrogens with one attached hydrogen (secondary N) is 1. The average Bonchev–Trinajstić information content (AvgIpc) is 2.99. The van der Waals surface area contributed by atoms with Gasteiger partial charge in [0.1, 0.15) is 6.20 Å². The number of carbonyl (C=O) groups excluding carboxylic acids is 1. The van der Waals surface area contributed by atoms with E-state index in [9.17, 15) is 32.7 Å². The molecule has 1 aliphatic rings. The van der Waals surface area contributed by atoms with Gasteiger partial charge >= 0.3 is 12.1 Å². The van der Waals surface area contributed by atoms with Gasteiger partial charge in [0.25, 0.3) is 11.5 Å². The third-order valence-electron chi connectivity index (χ3n) is 5.59. The van der Waals surface area contributed by atoms with Crippen LogP contribution < -0.4 is 16.6 Å². The Kier molecular flexibility index (Phi) is 8.16. The van der Waals surface area contributed by atoms with E-state index in [1.54, 1.807) is 0 Å². The Morgan fingerprint density at radius 1 is 1.21 bits per heavy atom. The molecular weight excluding hydrogens is 481 g/mol. The second-order valence-electron chi connectivity index (χ2n) is 8.11. The van der Waals surface area contributed by atoms with Crippen molar-refractivity contribution in [2.45, 2.75) is 57.0 Å². The van der Waals surface area contributed by atoms with Gasteiger partial charge in [-0.25, -0.2) is 4.79 Å². The Hall–Kier alpha value is -2.70. The predicted octanol–water partition coefficient (Wildman–Crippen LogP) is 2.40. The zero-order valence-corrected chi connectivity index (χ0v) is 18.9. The molecule has 0 bridgehead atoms. The molecule has 0 unspecified atom stereocenters. The highest BCUT2D eigenvalue weighted by Gasteiger charge is 2.30. The van der Waals surface area contributed by atoms with Crippen LogP contribution in [0.1, 0.15) is 48.9 Å². The molecule has 0 spiro atoms. The molecule has 1 heterocycles. The van der Waals surface area contributed by atoms with Gasteiger partial charge in [0.05, 0.1) is 35.0 Å². The third-order valence-corrected chi connectivity index (χ3v) is 5.92. The van der Waals surface area contributed by atoms with E-state index in [1.165, 1.54) is 18.2 Å². The predicted molar refractivity (Wildman–Crippen MR) is 116 cm³/mol. The molecular formula is C21H24ClF3N4O5. The van der Waals surface area contributed by atoms with E-state index in [0.29, 0.717) is 17.4 Å². The first kappa shape index (κ1) is 25.9. The van der Waals surface area contributed by atoms with Gasteiger partial charge in [-0.3, -0.25) is 18.9 Å². The van der Waals surface area contributed by atoms with Crippen LogP contribution in [0.2, 0.25) is 5.02 Å². The molecule has 0 radical (unpaired) electrons. The van der Waals surface area contributed by atoms with E-state index in [2.05, 4.69) is 15.2 Å². The van der Waals surface area contributed by atoms with Crippen LogP contribution in [0.25, 0.3) is 5.69 Å². The Morgan fingerprint density at radius 2 is 1.88 bits per heavy atom. The highest BCUT2D eigenvalue weighted by Crippen LogP contribution is 2.27. The summed E-state index contributed by atoms with van der Waals surface area (Å²) in [7, 11) is 0. The van der Waals surface area contributed by atoms with E-state index in [0.717, 1.165) is 36.6 Å². The monoisotopic (exact) mass is 504 g/mol. The minimum Gasteiger partial charge on any atom is -0.388 e. The fourth-order valence-electron chi connectivity index (χ4n) is 3.79. The van der Waals surface area contributed by atoms with Crippen LogP contribution in [0, 0.1) is 0 Å². The van der Waals surface area contributed by atoms with E-state index >= 15 is 0 Å². The zero-order valence-electron chi connectivity index (χ0n) is 18.1. The third kappa shape index (κ3) is 6.67. The minimum absolute atomic E-state index is 0.00300. The second kappa shape index (κ2) is 10.7. The normalized spacial score (nSPS) is 16.1. The van der Waals surface area contributed by atoms with Crippen molar-refractivity contribution in [3.05, 3.63) is 55.8 Å². The highest BCUT2D eigenvalue weighted by atomic mass is 35.5. The number of alkyl halides is 3. The average molecular weight is 505 g/mol. The summed E-state index contributed by atoms with van der Waals surface area (Å²) < 4.78 is 41.6. The first-order valence-electron chi connectivity index (χ1n) is 10.7. The number of ether oxygens (including phenoxy) is 1. The summed E-state index contributed by atoms with van der Waals surface area (Å²) in [4.78, 5) is 37.4. The fraction of sp³-hybridized carbons (Fsp3) is 0.524. The lowest BCUT2D eigenvalue weighted by molar-refractivity contribution is -0.325. The lowest BCUT2D eigenvalue weighted by Gasteiger charge is -2.26. The molecule has 0 aliphatic heterocycles. The number of amides is 1. The molecule has 0 saturated heterocycles. The van der Waals surface area contributed by atoms with E-state index in [1.807, 2.05) is 0 Å². The Morgan fingerprint density at radius 3 is 2.53 bits per heavy atom. The molecule has 0 atom stereocenters. The van der Waals surface area contributed by atoms with Gasteiger partial charge in [0.15, 0.2) is 0 Å². The number of aliphatic hydroxyl groups is 1. The fourth-order valence-corrected chi connectivity index (χ4v) is 4.00. The summed E-state index contributed by atoms with van der Waals surface area (Å²) in [6, 6.07) is 3.99. The topological polar surface area (TPSA) is 115 Å². The van der Waals surface area contributed by atoms with Gasteiger partial charge in [-0.1, -0.05) is 37.3 Å². The number of hydrogen-bond acceptors (Lipinski definition) is 6. The van der Waals surface area contributed by atoms with Crippen molar-refractivity contribution in [1.29, 1.82) is 0 Å². The molecule has 34 heavy (non-hydrogen) atoms. The van der Waals surface area contributed by atoms with Crippen LogP contribution in [0.15, 0.2) is 34.0 Å². The number of hydrogen-bond donors (Lipinski definition) is 2. The van der Waals surface area contributed by atoms with Crippen molar-refractivity contribution in [3.63, 3.8) is 0 Å². The summed E-state index contributed by atoms with van der Waals surface area (Å²) in [5, 5.41) is 17.2. The maximum atomic E-state index is 12.8. The van der Waals surface area contributed by atoms with Crippen LogP contribution in [0.3, 0.4) is 0 Å². The van der Waals surface area contributed by atoms with Gasteiger partial charge in [0.2, 0.25) is 0 Å². The van der Waals surface area contributed by atoms with E-state index < -0.39 is 42.3 Å². The van der Waals surface area contributed by atoms with Crippen LogP contribution >= 0.6 is 11.6 Å². The molecule has 1 fully saturated rings. The molecule has 9 nitrogen and oxygen atoms in total. The lowest BCUT2D eigenvalue weighted by atomic mass is 9.94. The molecule has 1 amide bonds. The molecule has 2 aromatic rings. The maximum absolute atomic E-state index is 12.8. The molecule has 186 valence electrons. The van der Waals surface area contributed by atoms with Crippen LogP contribution in [0.4, 0.5) is 13.2 Å². The summed E-state index contributed by atoms with van der Waals surface area (Å²) in [5.74, 6) is -0.579. The minimum atomic E-state index is -4.90. The van der Waals surface area contributed by atoms with E-state index in [-0.39, 0.29) is 22.8 Å². The SMILES string of the molecule is O=C(NCC1(O)CCCCCC1)c1cc(-n2ncc(=O)n(CCOC(F)(F)F)c2=O)ccc1Cl. The Labute approximate surface area is 197 Å². The first-order chi connectivity index (χ1) is 16.0. The largest absolute Gasteiger partial charge is 0.522 e. The zero-order chi connectivity index (χ0) is 24.9. The molecule has 3 rings (SSSR count). The lowest BCUT2D eigenvalue weighted by Crippen LogP contribution is -2.43. The van der Waals surface area contributed by atoms with E-state index in [4.69, 9.17) is 11.6 Å². The summed E-state index contributed by atoms with van der Waals surface area (Å²) in [6.45, 7) is -1.56. The number of benzene rings is 1. The standard InChI is InChI=1S/C21H24ClF3N4O5/c22-16-6-5-14(11-15(16)18(31)26-13-20(33)7-3-1-2-4-8-20)29-19(32)28(17(30)12-27-29)9-10-34-21(23,24)25/h5-6,11-12,33H,1-4,7-10,13H2,(H,26,31). The number of nitrogens with zero attached hydrogens (tertiary/aromatic N) is 3. The molecule has 1 saturated carbocycles. The molecule has 2 N–H and O–H groups in total. The van der Waals surface area contributed by atoms with Crippen LogP contribution in [-0.2, 0) is 11.3 Å².